The van der Waals surface area contributed by atoms with Crippen LogP contribution in [0.1, 0.15) is 29.0 Å². The normalized spacial score (nSPS) is 11.8. The standard InChI is InChI=1S/C14H14BrN3O5/c1-8(14(20)21)18-5-10(16-17-18)7-23-13-11(15)3-9(6-19)4-12(13)22-2/h3-6,8H,7H2,1-2H3,(H,20,21). The number of halogens is 1. The third-order valence-corrected chi connectivity index (χ3v) is 3.65. The van der Waals surface area contributed by atoms with Crippen molar-refractivity contribution in [1.82, 2.24) is 15.0 Å². The predicted molar refractivity (Wildman–Crippen MR) is 82.8 cm³/mol. The SMILES string of the molecule is COc1cc(C=O)cc(Br)c1OCc1cn(C(C)C(=O)O)nn1. The van der Waals surface area contributed by atoms with Crippen LogP contribution in [0.5, 0.6) is 11.5 Å². The Morgan fingerprint density at radius 2 is 2.26 bits per heavy atom. The number of carboxylic acid groups (broad SMARTS) is 1. The molecule has 0 fully saturated rings. The molecule has 9 heteroatoms. The fraction of sp³-hybridized carbons (Fsp3) is 0.286. The second-order valence-corrected chi connectivity index (χ2v) is 5.50. The molecule has 0 bridgehead atoms. The first-order valence-corrected chi connectivity index (χ1v) is 7.34. The summed E-state index contributed by atoms with van der Waals surface area (Å²) in [5.41, 5.74) is 0.911. The van der Waals surface area contributed by atoms with E-state index in [0.717, 1.165) is 0 Å². The average Bonchev–Trinajstić information content (AvgIpc) is 3.00. The van der Waals surface area contributed by atoms with Crippen LogP contribution in [0.4, 0.5) is 0 Å². The lowest BCUT2D eigenvalue weighted by molar-refractivity contribution is -0.140. The molecule has 1 N–H and O–H groups in total. The van der Waals surface area contributed by atoms with Gasteiger partial charge in [-0.15, -0.1) is 5.10 Å². The number of nitrogens with zero attached hydrogens (tertiary/aromatic N) is 3. The Balaban J connectivity index is 2.15. The molecule has 0 aliphatic heterocycles. The number of hydrogen-bond donors (Lipinski definition) is 1. The van der Waals surface area contributed by atoms with Gasteiger partial charge in [-0.3, -0.25) is 4.79 Å². The van der Waals surface area contributed by atoms with Crippen LogP contribution in [0.25, 0.3) is 0 Å². The first-order chi connectivity index (χ1) is 11.0. The Morgan fingerprint density at radius 3 is 2.87 bits per heavy atom. The fourth-order valence-corrected chi connectivity index (χ4v) is 2.35. The molecule has 2 rings (SSSR count). The number of carboxylic acids is 1. The van der Waals surface area contributed by atoms with Gasteiger partial charge < -0.3 is 14.6 Å². The summed E-state index contributed by atoms with van der Waals surface area (Å²) in [7, 11) is 1.47. The summed E-state index contributed by atoms with van der Waals surface area (Å²) >= 11 is 3.32. The van der Waals surface area contributed by atoms with E-state index < -0.39 is 12.0 Å². The van der Waals surface area contributed by atoms with Crippen LogP contribution < -0.4 is 9.47 Å². The molecule has 0 amide bonds. The van der Waals surface area contributed by atoms with E-state index in [1.165, 1.54) is 24.9 Å². The van der Waals surface area contributed by atoms with Crippen molar-refractivity contribution in [3.8, 4) is 11.5 Å². The van der Waals surface area contributed by atoms with Gasteiger partial charge in [0, 0.05) is 5.56 Å². The van der Waals surface area contributed by atoms with Gasteiger partial charge in [0.1, 0.15) is 24.6 Å². The number of carbonyl (C=O) groups excluding carboxylic acids is 1. The van der Waals surface area contributed by atoms with Gasteiger partial charge in [-0.05, 0) is 35.0 Å². The second-order valence-electron chi connectivity index (χ2n) is 4.64. The monoisotopic (exact) mass is 383 g/mol. The number of ether oxygens (including phenoxy) is 2. The van der Waals surface area contributed by atoms with Gasteiger partial charge in [-0.2, -0.15) is 0 Å². The Kier molecular flexibility index (Phi) is 5.32. The summed E-state index contributed by atoms with van der Waals surface area (Å²) in [4.78, 5) is 21.8. The zero-order valence-corrected chi connectivity index (χ0v) is 14.0. The highest BCUT2D eigenvalue weighted by Crippen LogP contribution is 2.36. The van der Waals surface area contributed by atoms with E-state index >= 15 is 0 Å². The quantitative estimate of drug-likeness (QED) is 0.729. The number of aromatic nitrogens is 3. The van der Waals surface area contributed by atoms with E-state index in [0.29, 0.717) is 33.5 Å². The largest absolute Gasteiger partial charge is 0.493 e. The third-order valence-electron chi connectivity index (χ3n) is 3.06. The lowest BCUT2D eigenvalue weighted by atomic mass is 10.2. The van der Waals surface area contributed by atoms with Gasteiger partial charge in [-0.1, -0.05) is 5.21 Å². The number of carbonyl (C=O) groups is 2. The van der Waals surface area contributed by atoms with Crippen molar-refractivity contribution in [2.24, 2.45) is 0 Å². The first-order valence-electron chi connectivity index (χ1n) is 6.55. The molecule has 1 heterocycles. The molecular formula is C14H14BrN3O5. The molecule has 0 radical (unpaired) electrons. The van der Waals surface area contributed by atoms with Crippen LogP contribution in [-0.4, -0.2) is 39.5 Å². The van der Waals surface area contributed by atoms with Gasteiger partial charge in [0.2, 0.25) is 0 Å². The average molecular weight is 384 g/mol. The Hall–Kier alpha value is -2.42. The van der Waals surface area contributed by atoms with Crippen LogP contribution in [0, 0.1) is 0 Å². The minimum atomic E-state index is -1.00. The van der Waals surface area contributed by atoms with Crippen molar-refractivity contribution in [3.63, 3.8) is 0 Å². The van der Waals surface area contributed by atoms with Crippen LogP contribution in [0.15, 0.2) is 22.8 Å². The van der Waals surface area contributed by atoms with Gasteiger partial charge in [-0.25, -0.2) is 9.48 Å². The third kappa shape index (κ3) is 3.86. The molecule has 0 saturated heterocycles. The van der Waals surface area contributed by atoms with Crippen LogP contribution in [0.3, 0.4) is 0 Å². The van der Waals surface area contributed by atoms with E-state index in [9.17, 15) is 9.59 Å². The minimum absolute atomic E-state index is 0.0712. The lowest BCUT2D eigenvalue weighted by Crippen LogP contribution is -2.16. The minimum Gasteiger partial charge on any atom is -0.493 e. The molecule has 122 valence electrons. The van der Waals surface area contributed by atoms with Gasteiger partial charge in [0.15, 0.2) is 11.5 Å². The Labute approximate surface area is 140 Å². The van der Waals surface area contributed by atoms with Crippen molar-refractivity contribution in [2.75, 3.05) is 7.11 Å². The smallest absolute Gasteiger partial charge is 0.328 e. The van der Waals surface area contributed by atoms with Crippen molar-refractivity contribution < 1.29 is 24.2 Å². The Morgan fingerprint density at radius 1 is 1.52 bits per heavy atom. The topological polar surface area (TPSA) is 104 Å². The highest BCUT2D eigenvalue weighted by molar-refractivity contribution is 9.10. The highest BCUT2D eigenvalue weighted by Gasteiger charge is 2.16. The molecule has 23 heavy (non-hydrogen) atoms. The molecule has 0 saturated carbocycles. The van der Waals surface area contributed by atoms with Crippen molar-refractivity contribution in [3.05, 3.63) is 34.1 Å². The van der Waals surface area contributed by atoms with Crippen molar-refractivity contribution in [1.29, 1.82) is 0 Å². The van der Waals surface area contributed by atoms with Gasteiger partial charge in [0.25, 0.3) is 0 Å². The number of aliphatic carboxylic acids is 1. The molecular weight excluding hydrogens is 370 g/mol. The maximum atomic E-state index is 10.9. The number of rotatable bonds is 7. The van der Waals surface area contributed by atoms with E-state index in [1.54, 1.807) is 12.1 Å². The maximum Gasteiger partial charge on any atom is 0.328 e. The molecule has 8 nitrogen and oxygen atoms in total. The van der Waals surface area contributed by atoms with E-state index in [1.807, 2.05) is 0 Å². The van der Waals surface area contributed by atoms with Crippen molar-refractivity contribution in [2.45, 2.75) is 19.6 Å². The number of hydrogen-bond acceptors (Lipinski definition) is 6. The van der Waals surface area contributed by atoms with E-state index in [-0.39, 0.29) is 6.61 Å². The first kappa shape index (κ1) is 16.9. The summed E-state index contributed by atoms with van der Waals surface area (Å²) in [5, 5.41) is 16.6. The summed E-state index contributed by atoms with van der Waals surface area (Å²) in [6, 6.07) is 2.34. The number of aldehydes is 1. The highest BCUT2D eigenvalue weighted by atomic mass is 79.9. The van der Waals surface area contributed by atoms with E-state index in [2.05, 4.69) is 26.2 Å². The lowest BCUT2D eigenvalue weighted by Gasteiger charge is -2.12. The molecule has 0 aliphatic rings. The molecule has 0 spiro atoms. The zero-order valence-electron chi connectivity index (χ0n) is 12.4. The number of benzene rings is 1. The fourth-order valence-electron chi connectivity index (χ4n) is 1.78. The van der Waals surface area contributed by atoms with E-state index in [4.69, 9.17) is 14.6 Å². The molecule has 1 aromatic heterocycles. The van der Waals surface area contributed by atoms with Crippen LogP contribution in [0.2, 0.25) is 0 Å². The van der Waals surface area contributed by atoms with Crippen LogP contribution in [-0.2, 0) is 11.4 Å². The van der Waals surface area contributed by atoms with Gasteiger partial charge >= 0.3 is 5.97 Å². The molecule has 1 aromatic carbocycles. The van der Waals surface area contributed by atoms with Crippen LogP contribution >= 0.6 is 15.9 Å². The summed E-state index contributed by atoms with van der Waals surface area (Å²) in [5.74, 6) is -0.192. The summed E-state index contributed by atoms with van der Waals surface area (Å²) in [6.45, 7) is 1.57. The second kappa shape index (κ2) is 7.23. The maximum absolute atomic E-state index is 10.9. The summed E-state index contributed by atoms with van der Waals surface area (Å²) < 4.78 is 12.6. The zero-order chi connectivity index (χ0) is 17.0. The molecule has 2 aromatic rings. The van der Waals surface area contributed by atoms with Crippen molar-refractivity contribution >= 4 is 28.2 Å². The number of methoxy groups -OCH3 is 1. The Bertz CT molecular complexity index is 731. The van der Waals surface area contributed by atoms with Gasteiger partial charge in [0.05, 0.1) is 17.8 Å². The molecule has 1 unspecified atom stereocenters. The molecule has 0 aliphatic carbocycles. The molecule has 1 atom stereocenters. The predicted octanol–water partition coefficient (Wildman–Crippen LogP) is 2.09. The summed E-state index contributed by atoms with van der Waals surface area (Å²) in [6.07, 6.45) is 2.20.